The predicted octanol–water partition coefficient (Wildman–Crippen LogP) is 2.24. The molecule has 0 atom stereocenters. The van der Waals surface area contributed by atoms with Crippen LogP contribution in [0, 0.1) is 3.70 Å². The summed E-state index contributed by atoms with van der Waals surface area (Å²) in [6, 6.07) is 0.279. The minimum atomic E-state index is -0.490. The normalized spacial score (nSPS) is 21.0. The Bertz CT molecular complexity index is 748. The van der Waals surface area contributed by atoms with Crippen LogP contribution in [0.5, 0.6) is 0 Å². The summed E-state index contributed by atoms with van der Waals surface area (Å²) < 4.78 is 7.93. The summed E-state index contributed by atoms with van der Waals surface area (Å²) in [6.07, 6.45) is 2.64. The molecule has 1 fully saturated rings. The second-order valence-corrected chi connectivity index (χ2v) is 7.68. The molecule has 1 aliphatic carbocycles. The monoisotopic (exact) mass is 430 g/mol. The van der Waals surface area contributed by atoms with Gasteiger partial charge in [0.2, 0.25) is 0 Å². The number of fused-ring (bicyclic) bond motifs is 1. The summed E-state index contributed by atoms with van der Waals surface area (Å²) in [5.74, 6) is 0.438. The van der Waals surface area contributed by atoms with Crippen LogP contribution in [-0.4, -0.2) is 37.5 Å². The highest BCUT2D eigenvalue weighted by atomic mass is 127. The molecule has 1 amide bonds. The van der Waals surface area contributed by atoms with Gasteiger partial charge in [-0.3, -0.25) is 0 Å². The van der Waals surface area contributed by atoms with E-state index in [1.54, 1.807) is 0 Å². The van der Waals surface area contributed by atoms with Crippen LogP contribution in [0.1, 0.15) is 39.7 Å². The van der Waals surface area contributed by atoms with Crippen molar-refractivity contribution in [3.8, 4) is 0 Å². The van der Waals surface area contributed by atoms with Crippen LogP contribution in [0.2, 0.25) is 0 Å². The molecule has 0 aliphatic heterocycles. The third kappa shape index (κ3) is 3.33. The lowest BCUT2D eigenvalue weighted by molar-refractivity contribution is 0.0454. The van der Waals surface area contributed by atoms with Crippen LogP contribution in [-0.2, 0) is 4.74 Å². The molecular formula is C14H19IN6O2. The number of rotatable bonds is 2. The molecule has 0 aromatic carbocycles. The highest BCUT2D eigenvalue weighted by Crippen LogP contribution is 2.35. The SMILES string of the molecule is CC(C)(C)OC(=O)NC1CC(n2nc(I)c3c(N)ncnc32)C1. The standard InChI is InChI=1S/C14H19IN6O2/c1-14(2,3)23-13(22)19-7-4-8(5-7)21-12-9(10(15)20-21)11(16)17-6-18-12/h6-8H,4-5H2,1-3H3,(H,19,22)(H2,16,17,18). The Morgan fingerprint density at radius 1 is 1.43 bits per heavy atom. The average molecular weight is 430 g/mol. The fourth-order valence-corrected chi connectivity index (χ4v) is 3.34. The molecule has 124 valence electrons. The maximum Gasteiger partial charge on any atom is 0.407 e. The van der Waals surface area contributed by atoms with Gasteiger partial charge in [-0.15, -0.1) is 0 Å². The number of nitrogens with zero attached hydrogens (tertiary/aromatic N) is 4. The minimum Gasteiger partial charge on any atom is -0.444 e. The van der Waals surface area contributed by atoms with Crippen molar-refractivity contribution >= 4 is 45.5 Å². The van der Waals surface area contributed by atoms with Gasteiger partial charge < -0.3 is 15.8 Å². The van der Waals surface area contributed by atoms with Gasteiger partial charge in [-0.1, -0.05) is 0 Å². The van der Waals surface area contributed by atoms with Gasteiger partial charge in [0.1, 0.15) is 21.4 Å². The molecule has 8 nitrogen and oxygen atoms in total. The molecule has 0 unspecified atom stereocenters. The van der Waals surface area contributed by atoms with Gasteiger partial charge in [0.25, 0.3) is 0 Å². The fourth-order valence-electron chi connectivity index (χ4n) is 2.59. The molecule has 23 heavy (non-hydrogen) atoms. The van der Waals surface area contributed by atoms with E-state index in [-0.39, 0.29) is 18.2 Å². The van der Waals surface area contributed by atoms with E-state index in [1.807, 2.05) is 25.5 Å². The maximum atomic E-state index is 11.8. The first kappa shape index (κ1) is 16.2. The molecule has 2 heterocycles. The topological polar surface area (TPSA) is 108 Å². The highest BCUT2D eigenvalue weighted by molar-refractivity contribution is 14.1. The second kappa shape index (κ2) is 5.77. The predicted molar refractivity (Wildman–Crippen MR) is 93.9 cm³/mol. The number of alkyl carbamates (subject to hydrolysis) is 1. The number of nitrogen functional groups attached to an aromatic ring is 1. The van der Waals surface area contributed by atoms with Crippen molar-refractivity contribution in [1.82, 2.24) is 25.1 Å². The molecule has 0 saturated heterocycles. The summed E-state index contributed by atoms with van der Waals surface area (Å²) in [4.78, 5) is 20.1. The summed E-state index contributed by atoms with van der Waals surface area (Å²) >= 11 is 2.14. The van der Waals surface area contributed by atoms with Crippen molar-refractivity contribution < 1.29 is 9.53 Å². The van der Waals surface area contributed by atoms with Crippen molar-refractivity contribution in [3.63, 3.8) is 0 Å². The largest absolute Gasteiger partial charge is 0.444 e. The van der Waals surface area contributed by atoms with E-state index in [2.05, 4.69) is 43.0 Å². The van der Waals surface area contributed by atoms with Crippen molar-refractivity contribution in [2.24, 2.45) is 0 Å². The first-order chi connectivity index (χ1) is 10.7. The molecular weight excluding hydrogens is 411 g/mol. The Balaban J connectivity index is 1.66. The number of hydrogen-bond donors (Lipinski definition) is 2. The van der Waals surface area contributed by atoms with Gasteiger partial charge in [-0.25, -0.2) is 19.4 Å². The third-order valence-electron chi connectivity index (χ3n) is 3.66. The Kier molecular flexibility index (Phi) is 4.07. The van der Waals surface area contributed by atoms with E-state index < -0.39 is 5.60 Å². The molecule has 3 N–H and O–H groups in total. The van der Waals surface area contributed by atoms with Crippen molar-refractivity contribution in [1.29, 1.82) is 0 Å². The Labute approximate surface area is 147 Å². The van der Waals surface area contributed by atoms with Gasteiger partial charge in [-0.05, 0) is 56.2 Å². The van der Waals surface area contributed by atoms with Crippen molar-refractivity contribution in [2.45, 2.75) is 51.3 Å². The minimum absolute atomic E-state index is 0.0888. The molecule has 1 aliphatic rings. The van der Waals surface area contributed by atoms with Gasteiger partial charge in [-0.2, -0.15) is 5.10 Å². The number of hydrogen-bond acceptors (Lipinski definition) is 6. The molecule has 2 aromatic rings. The Morgan fingerprint density at radius 3 is 2.78 bits per heavy atom. The molecule has 3 rings (SSSR count). The van der Waals surface area contributed by atoms with Gasteiger partial charge in [0.05, 0.1) is 11.4 Å². The molecule has 9 heteroatoms. The van der Waals surface area contributed by atoms with E-state index in [0.717, 1.165) is 27.6 Å². The Morgan fingerprint density at radius 2 is 2.13 bits per heavy atom. The van der Waals surface area contributed by atoms with Crippen LogP contribution in [0.4, 0.5) is 10.6 Å². The van der Waals surface area contributed by atoms with Crippen LogP contribution in [0.15, 0.2) is 6.33 Å². The third-order valence-corrected chi connectivity index (χ3v) is 4.41. The van der Waals surface area contributed by atoms with Crippen molar-refractivity contribution in [2.75, 3.05) is 5.73 Å². The number of carbonyl (C=O) groups is 1. The first-order valence-corrected chi connectivity index (χ1v) is 8.46. The van der Waals surface area contributed by atoms with Crippen molar-refractivity contribution in [3.05, 3.63) is 10.0 Å². The number of amides is 1. The van der Waals surface area contributed by atoms with E-state index in [1.165, 1.54) is 6.33 Å². The number of ether oxygens (including phenoxy) is 1. The number of aromatic nitrogens is 4. The van der Waals surface area contributed by atoms with Gasteiger partial charge in [0.15, 0.2) is 5.65 Å². The summed E-state index contributed by atoms with van der Waals surface area (Å²) in [5, 5.41) is 8.19. The number of carbonyl (C=O) groups excluding carboxylic acids is 1. The summed E-state index contributed by atoms with van der Waals surface area (Å²) in [7, 11) is 0. The highest BCUT2D eigenvalue weighted by Gasteiger charge is 2.35. The quantitative estimate of drug-likeness (QED) is 0.708. The number of nitrogens with one attached hydrogen (secondary N) is 1. The smallest absolute Gasteiger partial charge is 0.407 e. The van der Waals surface area contributed by atoms with E-state index in [9.17, 15) is 4.79 Å². The molecule has 1 saturated carbocycles. The molecule has 0 bridgehead atoms. The zero-order valence-electron chi connectivity index (χ0n) is 13.2. The van der Waals surface area contributed by atoms with Gasteiger partial charge in [0, 0.05) is 6.04 Å². The zero-order chi connectivity index (χ0) is 16.8. The lowest BCUT2D eigenvalue weighted by Crippen LogP contribution is -2.46. The second-order valence-electron chi connectivity index (χ2n) is 6.66. The summed E-state index contributed by atoms with van der Waals surface area (Å²) in [5.41, 5.74) is 6.15. The Hall–Kier alpha value is -1.65. The maximum absolute atomic E-state index is 11.8. The number of halogens is 1. The molecule has 2 aromatic heterocycles. The lowest BCUT2D eigenvalue weighted by Gasteiger charge is -2.36. The molecule has 0 spiro atoms. The van der Waals surface area contributed by atoms with E-state index >= 15 is 0 Å². The van der Waals surface area contributed by atoms with Crippen LogP contribution in [0.25, 0.3) is 11.0 Å². The van der Waals surface area contributed by atoms with Crippen LogP contribution < -0.4 is 11.1 Å². The lowest BCUT2D eigenvalue weighted by atomic mass is 9.87. The van der Waals surface area contributed by atoms with Crippen LogP contribution >= 0.6 is 22.6 Å². The average Bonchev–Trinajstić information content (AvgIpc) is 2.70. The van der Waals surface area contributed by atoms with Crippen LogP contribution in [0.3, 0.4) is 0 Å². The number of anilines is 1. The zero-order valence-corrected chi connectivity index (χ0v) is 15.4. The van der Waals surface area contributed by atoms with E-state index in [4.69, 9.17) is 10.5 Å². The molecule has 0 radical (unpaired) electrons. The van der Waals surface area contributed by atoms with E-state index in [0.29, 0.717) is 5.82 Å². The fraction of sp³-hybridized carbons (Fsp3) is 0.571. The van der Waals surface area contributed by atoms with Gasteiger partial charge >= 0.3 is 6.09 Å². The summed E-state index contributed by atoms with van der Waals surface area (Å²) in [6.45, 7) is 5.54. The number of nitrogens with two attached hydrogens (primary N) is 1. The first-order valence-electron chi connectivity index (χ1n) is 7.38.